The van der Waals surface area contributed by atoms with E-state index in [-0.39, 0.29) is 11.8 Å². The number of carbonyl (C=O) groups excluding carboxylic acids is 1. The van der Waals surface area contributed by atoms with Crippen LogP contribution in [0.4, 0.5) is 29.3 Å². The zero-order valence-electron chi connectivity index (χ0n) is 21.4. The second kappa shape index (κ2) is 10.4. The maximum Gasteiger partial charge on any atom is 0.416 e. The molecular weight excluding hydrogens is 509 g/mol. The molecular formula is C28H27F3N6O2. The molecule has 0 spiro atoms. The number of hydrogen-bond donors (Lipinski definition) is 2. The molecule has 1 aliphatic rings. The van der Waals surface area contributed by atoms with Gasteiger partial charge in [0.1, 0.15) is 11.9 Å². The minimum absolute atomic E-state index is 0.0421. The molecule has 2 aromatic heterocycles. The Bertz CT molecular complexity index is 1530. The summed E-state index contributed by atoms with van der Waals surface area (Å²) in [4.78, 5) is 19.5. The van der Waals surface area contributed by atoms with Crippen molar-refractivity contribution in [2.24, 2.45) is 7.05 Å². The fourth-order valence-electron chi connectivity index (χ4n) is 4.67. The molecule has 202 valence electrons. The molecule has 2 N–H and O–H groups in total. The number of morpholine rings is 1. The van der Waals surface area contributed by atoms with Crippen LogP contribution < -0.4 is 10.6 Å². The van der Waals surface area contributed by atoms with Crippen molar-refractivity contribution in [1.29, 1.82) is 0 Å². The van der Waals surface area contributed by atoms with Gasteiger partial charge in [0.2, 0.25) is 0 Å². The van der Waals surface area contributed by atoms with Crippen molar-refractivity contribution >= 4 is 28.4 Å². The van der Waals surface area contributed by atoms with Crippen LogP contribution in [0, 0.1) is 0 Å². The molecule has 0 saturated carbocycles. The van der Waals surface area contributed by atoms with Crippen LogP contribution in [0.25, 0.3) is 22.2 Å². The van der Waals surface area contributed by atoms with Gasteiger partial charge in [0, 0.05) is 36.9 Å². The van der Waals surface area contributed by atoms with Crippen LogP contribution in [-0.4, -0.2) is 44.9 Å². The molecule has 8 nitrogen and oxygen atoms in total. The van der Waals surface area contributed by atoms with E-state index in [0.29, 0.717) is 18.8 Å². The summed E-state index contributed by atoms with van der Waals surface area (Å²) in [6.45, 7) is 7.99. The van der Waals surface area contributed by atoms with Gasteiger partial charge in [-0.05, 0) is 54.4 Å². The second-order valence-corrected chi connectivity index (χ2v) is 9.54. The predicted octanol–water partition coefficient (Wildman–Crippen LogP) is 6.03. The molecule has 3 heterocycles. The minimum Gasteiger partial charge on any atom is -0.493 e. The molecule has 1 saturated heterocycles. The first-order valence-electron chi connectivity index (χ1n) is 12.3. The topological polar surface area (TPSA) is 84.3 Å². The monoisotopic (exact) mass is 536 g/mol. The number of urea groups is 1. The van der Waals surface area contributed by atoms with E-state index in [1.165, 1.54) is 12.1 Å². The lowest BCUT2D eigenvalue weighted by molar-refractivity contribution is -0.137. The van der Waals surface area contributed by atoms with Crippen molar-refractivity contribution in [1.82, 2.24) is 19.7 Å². The molecule has 0 aliphatic carbocycles. The largest absolute Gasteiger partial charge is 0.493 e. The Hall–Kier alpha value is -4.38. The van der Waals surface area contributed by atoms with Crippen LogP contribution in [0.15, 0.2) is 73.1 Å². The number of rotatable bonds is 5. The summed E-state index contributed by atoms with van der Waals surface area (Å²) < 4.78 is 46.3. The first-order chi connectivity index (χ1) is 18.5. The summed E-state index contributed by atoms with van der Waals surface area (Å²) in [6.07, 6.45) is -2.67. The van der Waals surface area contributed by atoms with Crippen LogP contribution in [0.1, 0.15) is 18.2 Å². The fourth-order valence-corrected chi connectivity index (χ4v) is 4.67. The van der Waals surface area contributed by atoms with Gasteiger partial charge in [-0.3, -0.25) is 9.58 Å². The number of ether oxygens (including phenoxy) is 1. The third kappa shape index (κ3) is 6.04. The summed E-state index contributed by atoms with van der Waals surface area (Å²) in [5, 5.41) is 10.4. The molecule has 39 heavy (non-hydrogen) atoms. The Kier molecular flexibility index (Phi) is 7.00. The quantitative estimate of drug-likeness (QED) is 0.325. The molecule has 5 rings (SSSR count). The molecule has 0 unspecified atom stereocenters. The summed E-state index contributed by atoms with van der Waals surface area (Å²) in [6, 6.07) is 13.1. The molecule has 0 bridgehead atoms. The summed E-state index contributed by atoms with van der Waals surface area (Å²) >= 11 is 0. The SMILES string of the molecule is C=C1CN(Cc2cc(-c3ccc(NC(=O)Nc4cccc(C(F)(F)F)c4)cc3)c3cnn(C)c3n2)C[C@H](C)O1. The van der Waals surface area contributed by atoms with Crippen LogP contribution in [-0.2, 0) is 24.5 Å². The van der Waals surface area contributed by atoms with Crippen molar-refractivity contribution in [2.45, 2.75) is 25.7 Å². The van der Waals surface area contributed by atoms with Crippen LogP contribution in [0.5, 0.6) is 0 Å². The standard InChI is InChI=1S/C28H27F3N6O2/c1-17-14-37(15-18(2)39-17)16-23-12-24(25-13-32-36(3)26(25)33-23)19-7-9-21(10-8-19)34-27(38)35-22-6-4-5-20(11-22)28(29,30)31/h4-13,18H,1,14-16H2,2-3H3,(H2,34,35,38)/t18-/m0/s1. The lowest BCUT2D eigenvalue weighted by atomic mass is 10.0. The Morgan fingerprint density at radius 1 is 1.13 bits per heavy atom. The van der Waals surface area contributed by atoms with Gasteiger partial charge in [0.05, 0.1) is 24.0 Å². The van der Waals surface area contributed by atoms with E-state index in [9.17, 15) is 18.0 Å². The molecule has 0 radical (unpaired) electrons. The van der Waals surface area contributed by atoms with Crippen LogP contribution in [0.2, 0.25) is 0 Å². The van der Waals surface area contributed by atoms with Gasteiger partial charge in [-0.2, -0.15) is 18.3 Å². The number of benzene rings is 2. The van der Waals surface area contributed by atoms with E-state index < -0.39 is 17.8 Å². The highest BCUT2D eigenvalue weighted by Crippen LogP contribution is 2.32. The third-order valence-electron chi connectivity index (χ3n) is 6.33. The summed E-state index contributed by atoms with van der Waals surface area (Å²) in [7, 11) is 1.84. The number of hydrogen-bond acceptors (Lipinski definition) is 5. The molecule has 2 amide bonds. The van der Waals surface area contributed by atoms with Gasteiger partial charge in [0.25, 0.3) is 0 Å². The third-order valence-corrected chi connectivity index (χ3v) is 6.33. The molecule has 1 atom stereocenters. The van der Waals surface area contributed by atoms with Crippen molar-refractivity contribution < 1.29 is 22.7 Å². The van der Waals surface area contributed by atoms with E-state index in [1.54, 1.807) is 23.0 Å². The van der Waals surface area contributed by atoms with Crippen molar-refractivity contribution in [2.75, 3.05) is 23.7 Å². The first kappa shape index (κ1) is 26.2. The number of nitrogens with one attached hydrogen (secondary N) is 2. The maximum atomic E-state index is 13.0. The van der Waals surface area contributed by atoms with Gasteiger partial charge in [-0.15, -0.1) is 0 Å². The van der Waals surface area contributed by atoms with E-state index >= 15 is 0 Å². The Morgan fingerprint density at radius 2 is 1.87 bits per heavy atom. The van der Waals surface area contributed by atoms with E-state index in [4.69, 9.17) is 9.72 Å². The number of halogens is 3. The highest BCUT2D eigenvalue weighted by Gasteiger charge is 2.30. The molecule has 1 fully saturated rings. The Morgan fingerprint density at radius 3 is 2.59 bits per heavy atom. The average molecular weight is 537 g/mol. The van der Waals surface area contributed by atoms with Gasteiger partial charge < -0.3 is 15.4 Å². The first-order valence-corrected chi connectivity index (χ1v) is 12.3. The lowest BCUT2D eigenvalue weighted by Gasteiger charge is -2.32. The minimum atomic E-state index is -4.49. The number of aromatic nitrogens is 3. The van der Waals surface area contributed by atoms with Crippen molar-refractivity contribution in [3.8, 4) is 11.1 Å². The number of amides is 2. The van der Waals surface area contributed by atoms with Crippen LogP contribution in [0.3, 0.4) is 0 Å². The van der Waals surface area contributed by atoms with E-state index in [2.05, 4.69) is 27.2 Å². The Balaban J connectivity index is 1.34. The van der Waals surface area contributed by atoms with Gasteiger partial charge >= 0.3 is 12.2 Å². The number of carbonyl (C=O) groups is 1. The zero-order chi connectivity index (χ0) is 27.7. The zero-order valence-corrected chi connectivity index (χ0v) is 21.4. The number of alkyl halides is 3. The van der Waals surface area contributed by atoms with Crippen LogP contribution >= 0.6 is 0 Å². The summed E-state index contributed by atoms with van der Waals surface area (Å²) in [5.74, 6) is 0.732. The molecule has 2 aromatic carbocycles. The van der Waals surface area contributed by atoms with Gasteiger partial charge in [-0.25, -0.2) is 9.78 Å². The highest BCUT2D eigenvalue weighted by molar-refractivity contribution is 6.00. The van der Waals surface area contributed by atoms with E-state index in [0.717, 1.165) is 52.3 Å². The normalized spacial score (nSPS) is 16.2. The average Bonchev–Trinajstić information content (AvgIpc) is 3.23. The highest BCUT2D eigenvalue weighted by atomic mass is 19.4. The number of anilines is 2. The predicted molar refractivity (Wildman–Crippen MR) is 143 cm³/mol. The number of aryl methyl sites for hydroxylation is 1. The lowest BCUT2D eigenvalue weighted by Crippen LogP contribution is -2.39. The fraction of sp³-hybridized carbons (Fsp3) is 0.250. The number of pyridine rings is 1. The molecule has 11 heteroatoms. The maximum absolute atomic E-state index is 13.0. The summed E-state index contributed by atoms with van der Waals surface area (Å²) in [5.41, 5.74) is 3.18. The van der Waals surface area contributed by atoms with Crippen molar-refractivity contribution in [3.63, 3.8) is 0 Å². The van der Waals surface area contributed by atoms with E-state index in [1.807, 2.05) is 32.2 Å². The number of fused-ring (bicyclic) bond motifs is 1. The smallest absolute Gasteiger partial charge is 0.416 e. The Labute approximate surface area is 223 Å². The van der Waals surface area contributed by atoms with Gasteiger partial charge in [-0.1, -0.05) is 24.8 Å². The molecule has 1 aliphatic heterocycles. The second-order valence-electron chi connectivity index (χ2n) is 9.54. The van der Waals surface area contributed by atoms with Gasteiger partial charge in [0.15, 0.2) is 5.65 Å². The molecule has 4 aromatic rings. The van der Waals surface area contributed by atoms with Crippen molar-refractivity contribution in [3.05, 3.63) is 84.4 Å². The number of nitrogens with zero attached hydrogens (tertiary/aromatic N) is 4.